The lowest BCUT2D eigenvalue weighted by Crippen LogP contribution is -2.38. The van der Waals surface area contributed by atoms with Gasteiger partial charge in [-0.05, 0) is 12.0 Å². The number of carbonyl (C=O) groups is 1. The first kappa shape index (κ1) is 22.0. The number of ether oxygens (including phenoxy) is 1. The van der Waals surface area contributed by atoms with Gasteiger partial charge < -0.3 is 30.6 Å². The smallest absolute Gasteiger partial charge is 0.284 e. The summed E-state index contributed by atoms with van der Waals surface area (Å²) in [4.78, 5) is 32.7. The summed E-state index contributed by atoms with van der Waals surface area (Å²) in [6.07, 6.45) is -2.31. The molecular formula is C20H24N6O6. The summed E-state index contributed by atoms with van der Waals surface area (Å²) in [7, 11) is 0. The number of nitrogens with zero attached hydrogens (tertiary/aromatic N) is 4. The van der Waals surface area contributed by atoms with Gasteiger partial charge in [-0.15, -0.1) is 0 Å². The van der Waals surface area contributed by atoms with E-state index in [1.165, 1.54) is 10.9 Å². The Labute approximate surface area is 181 Å². The molecule has 0 radical (unpaired) electrons. The number of rotatable bonds is 8. The zero-order valence-corrected chi connectivity index (χ0v) is 17.0. The standard InChI is InChI=1S/C20H24N6O6/c21-20-24-17-14(23-10-25(17)19-16(30)15(29)13(8-28)32-19)18(31)26(20)9-22-12(7-27)6-11-4-2-1-3-5-11/h1-5,7,10,12-13,15-16,19,22,28-30H,6,8-9H2,(H2,21,24). The summed E-state index contributed by atoms with van der Waals surface area (Å²) in [5, 5.41) is 32.5. The molecule has 1 aliphatic heterocycles. The van der Waals surface area contributed by atoms with E-state index < -0.39 is 42.7 Å². The van der Waals surface area contributed by atoms with Crippen molar-refractivity contribution in [1.29, 1.82) is 0 Å². The van der Waals surface area contributed by atoms with Crippen LogP contribution in [0.4, 0.5) is 5.95 Å². The maximum atomic E-state index is 12.9. The third-order valence-electron chi connectivity index (χ3n) is 5.48. The van der Waals surface area contributed by atoms with E-state index in [1.807, 2.05) is 30.3 Å². The summed E-state index contributed by atoms with van der Waals surface area (Å²) in [6.45, 7) is -0.555. The fourth-order valence-corrected chi connectivity index (χ4v) is 3.71. The number of nitrogen functional groups attached to an aromatic ring is 1. The lowest BCUT2D eigenvalue weighted by atomic mass is 10.1. The van der Waals surface area contributed by atoms with E-state index in [9.17, 15) is 24.9 Å². The van der Waals surface area contributed by atoms with Gasteiger partial charge in [0.2, 0.25) is 5.95 Å². The van der Waals surface area contributed by atoms with Gasteiger partial charge in [0.25, 0.3) is 5.56 Å². The summed E-state index contributed by atoms with van der Waals surface area (Å²) >= 11 is 0. The second kappa shape index (κ2) is 9.14. The minimum Gasteiger partial charge on any atom is -0.394 e. The number of hydrogen-bond donors (Lipinski definition) is 5. The molecule has 0 amide bonds. The molecule has 3 aromatic rings. The monoisotopic (exact) mass is 444 g/mol. The molecule has 1 aromatic carbocycles. The molecule has 5 atom stereocenters. The molecule has 5 unspecified atom stereocenters. The van der Waals surface area contributed by atoms with Crippen LogP contribution >= 0.6 is 0 Å². The predicted octanol–water partition coefficient (Wildman–Crippen LogP) is -1.86. The Morgan fingerprint density at radius 3 is 2.66 bits per heavy atom. The van der Waals surface area contributed by atoms with Crippen LogP contribution in [0.3, 0.4) is 0 Å². The van der Waals surface area contributed by atoms with Crippen molar-refractivity contribution in [2.75, 3.05) is 12.3 Å². The van der Waals surface area contributed by atoms with Crippen molar-refractivity contribution in [3.8, 4) is 0 Å². The van der Waals surface area contributed by atoms with Crippen molar-refractivity contribution in [2.24, 2.45) is 0 Å². The average Bonchev–Trinajstić information content (AvgIpc) is 3.34. The highest BCUT2D eigenvalue weighted by Gasteiger charge is 2.44. The van der Waals surface area contributed by atoms with E-state index in [-0.39, 0.29) is 23.8 Å². The summed E-state index contributed by atoms with van der Waals surface area (Å²) in [6, 6.07) is 8.89. The van der Waals surface area contributed by atoms with Gasteiger partial charge in [0.15, 0.2) is 17.4 Å². The van der Waals surface area contributed by atoms with Crippen molar-refractivity contribution in [3.05, 3.63) is 52.6 Å². The summed E-state index contributed by atoms with van der Waals surface area (Å²) in [5.41, 5.74) is 6.46. The van der Waals surface area contributed by atoms with E-state index in [0.29, 0.717) is 6.42 Å². The number of nitrogens with one attached hydrogen (secondary N) is 1. The molecule has 0 saturated carbocycles. The van der Waals surface area contributed by atoms with Gasteiger partial charge in [0.1, 0.15) is 24.6 Å². The highest BCUT2D eigenvalue weighted by molar-refractivity contribution is 5.71. The van der Waals surface area contributed by atoms with E-state index in [0.717, 1.165) is 16.4 Å². The number of aliphatic hydroxyl groups excluding tert-OH is 3. The third kappa shape index (κ3) is 4.01. The van der Waals surface area contributed by atoms with E-state index in [2.05, 4.69) is 15.3 Å². The molecule has 0 bridgehead atoms. The molecule has 1 saturated heterocycles. The van der Waals surface area contributed by atoms with Gasteiger partial charge >= 0.3 is 0 Å². The number of hydrogen-bond acceptors (Lipinski definition) is 10. The largest absolute Gasteiger partial charge is 0.394 e. The molecule has 2 aromatic heterocycles. The first-order valence-corrected chi connectivity index (χ1v) is 10.0. The molecule has 12 heteroatoms. The van der Waals surface area contributed by atoms with E-state index in [4.69, 9.17) is 10.5 Å². The summed E-state index contributed by atoms with van der Waals surface area (Å²) < 4.78 is 7.92. The fourth-order valence-electron chi connectivity index (χ4n) is 3.71. The number of fused-ring (bicyclic) bond motifs is 1. The van der Waals surface area contributed by atoms with Crippen LogP contribution in [0.2, 0.25) is 0 Å². The zero-order chi connectivity index (χ0) is 22.8. The van der Waals surface area contributed by atoms with Crippen LogP contribution in [-0.2, 0) is 22.6 Å². The second-order valence-electron chi connectivity index (χ2n) is 7.55. The minimum atomic E-state index is -1.36. The average molecular weight is 444 g/mol. The quantitative estimate of drug-likeness (QED) is 0.248. The maximum absolute atomic E-state index is 12.9. The Morgan fingerprint density at radius 1 is 1.25 bits per heavy atom. The Bertz CT molecular complexity index is 1150. The molecule has 12 nitrogen and oxygen atoms in total. The van der Waals surface area contributed by atoms with E-state index >= 15 is 0 Å². The number of benzene rings is 1. The topological polar surface area (TPSA) is 178 Å². The SMILES string of the molecule is Nc1nc2c(ncn2C2OC(CO)C(O)C2O)c(=O)n1CNC(C=O)Cc1ccccc1. The van der Waals surface area contributed by atoms with Gasteiger partial charge in [-0.2, -0.15) is 4.98 Å². The van der Waals surface area contributed by atoms with Gasteiger partial charge in [0.05, 0.1) is 25.6 Å². The lowest BCUT2D eigenvalue weighted by molar-refractivity contribution is -0.109. The molecule has 170 valence electrons. The number of aldehydes is 1. The molecule has 32 heavy (non-hydrogen) atoms. The first-order chi connectivity index (χ1) is 15.4. The summed E-state index contributed by atoms with van der Waals surface area (Å²) in [5.74, 6) is -0.132. The Kier molecular flexibility index (Phi) is 6.30. The van der Waals surface area contributed by atoms with Crippen molar-refractivity contribution in [3.63, 3.8) is 0 Å². The maximum Gasteiger partial charge on any atom is 0.284 e. The van der Waals surface area contributed by atoms with Crippen LogP contribution in [-0.4, -0.2) is 71.7 Å². The Morgan fingerprint density at radius 2 is 2.00 bits per heavy atom. The molecule has 1 fully saturated rings. The fraction of sp³-hybridized carbons (Fsp3) is 0.400. The molecule has 1 aliphatic rings. The number of nitrogens with two attached hydrogens (primary N) is 1. The van der Waals surface area contributed by atoms with Gasteiger partial charge in [-0.25, -0.2) is 4.98 Å². The van der Waals surface area contributed by atoms with Gasteiger partial charge in [-0.3, -0.25) is 19.2 Å². The molecule has 0 aliphatic carbocycles. The van der Waals surface area contributed by atoms with Crippen molar-refractivity contribution < 1.29 is 24.9 Å². The number of imidazole rings is 1. The van der Waals surface area contributed by atoms with Gasteiger partial charge in [-0.1, -0.05) is 30.3 Å². The number of aromatic nitrogens is 4. The van der Waals surface area contributed by atoms with Crippen LogP contribution in [0, 0.1) is 0 Å². The van der Waals surface area contributed by atoms with Crippen molar-refractivity contribution in [2.45, 2.75) is 43.7 Å². The van der Waals surface area contributed by atoms with Gasteiger partial charge in [0, 0.05) is 0 Å². The number of carbonyl (C=O) groups excluding carboxylic acids is 1. The first-order valence-electron chi connectivity index (χ1n) is 10.0. The highest BCUT2D eigenvalue weighted by Crippen LogP contribution is 2.30. The molecule has 3 heterocycles. The zero-order valence-electron chi connectivity index (χ0n) is 17.0. The predicted molar refractivity (Wildman–Crippen MR) is 112 cm³/mol. The van der Waals surface area contributed by atoms with Crippen LogP contribution in [0.5, 0.6) is 0 Å². The molecule has 4 rings (SSSR count). The third-order valence-corrected chi connectivity index (χ3v) is 5.48. The molecular weight excluding hydrogens is 420 g/mol. The van der Waals surface area contributed by atoms with Crippen LogP contribution in [0.25, 0.3) is 11.2 Å². The number of anilines is 1. The van der Waals surface area contributed by atoms with E-state index in [1.54, 1.807) is 0 Å². The van der Waals surface area contributed by atoms with Crippen molar-refractivity contribution in [1.82, 2.24) is 24.4 Å². The Balaban J connectivity index is 1.57. The van der Waals surface area contributed by atoms with Crippen LogP contribution in [0.1, 0.15) is 11.8 Å². The lowest BCUT2D eigenvalue weighted by Gasteiger charge is -2.18. The van der Waals surface area contributed by atoms with Crippen LogP contribution < -0.4 is 16.6 Å². The van der Waals surface area contributed by atoms with Crippen molar-refractivity contribution >= 4 is 23.4 Å². The normalized spacial score (nSPS) is 24.1. The molecule has 6 N–H and O–H groups in total. The van der Waals surface area contributed by atoms with Crippen LogP contribution in [0.15, 0.2) is 41.5 Å². The molecule has 0 spiro atoms. The second-order valence-corrected chi connectivity index (χ2v) is 7.55. The number of aliphatic hydroxyl groups is 3. The highest BCUT2D eigenvalue weighted by atomic mass is 16.6. The minimum absolute atomic E-state index is 0.0237. The Hall–Kier alpha value is -3.16.